The third-order valence-electron chi connectivity index (χ3n) is 3.33. The topological polar surface area (TPSA) is 55.6 Å². The largest absolute Gasteiger partial charge is 0.497 e. The third-order valence-corrected chi connectivity index (χ3v) is 3.33. The number of hydrogen-bond acceptors (Lipinski definition) is 3. The summed E-state index contributed by atoms with van der Waals surface area (Å²) < 4.78 is 5.14. The molecule has 0 saturated heterocycles. The van der Waals surface area contributed by atoms with E-state index in [4.69, 9.17) is 10.5 Å². The SMILES string of the molecule is COc1ccc(N(CCc2ccccc2)C(=O)CN)cc1. The van der Waals surface area contributed by atoms with Gasteiger partial charge >= 0.3 is 0 Å². The highest BCUT2D eigenvalue weighted by molar-refractivity contribution is 5.94. The number of rotatable bonds is 6. The number of benzene rings is 2. The summed E-state index contributed by atoms with van der Waals surface area (Å²) in [6.45, 7) is 0.604. The van der Waals surface area contributed by atoms with Crippen molar-refractivity contribution in [3.63, 3.8) is 0 Å². The number of amides is 1. The fraction of sp³-hybridized carbons (Fsp3) is 0.235. The zero-order chi connectivity index (χ0) is 15.1. The summed E-state index contributed by atoms with van der Waals surface area (Å²) in [7, 11) is 1.62. The van der Waals surface area contributed by atoms with Gasteiger partial charge in [-0.15, -0.1) is 0 Å². The quantitative estimate of drug-likeness (QED) is 0.885. The number of nitrogens with zero attached hydrogens (tertiary/aromatic N) is 1. The molecule has 0 aliphatic carbocycles. The van der Waals surface area contributed by atoms with Gasteiger partial charge in [0.05, 0.1) is 13.7 Å². The van der Waals surface area contributed by atoms with Crippen molar-refractivity contribution in [3.8, 4) is 5.75 Å². The Bertz CT molecular complexity index is 567. The summed E-state index contributed by atoms with van der Waals surface area (Å²) in [4.78, 5) is 13.8. The Morgan fingerprint density at radius 1 is 1.10 bits per heavy atom. The van der Waals surface area contributed by atoms with Crippen LogP contribution in [0.15, 0.2) is 54.6 Å². The van der Waals surface area contributed by atoms with Crippen LogP contribution < -0.4 is 15.4 Å². The van der Waals surface area contributed by atoms with Gasteiger partial charge in [-0.1, -0.05) is 30.3 Å². The van der Waals surface area contributed by atoms with E-state index >= 15 is 0 Å². The molecule has 1 amide bonds. The molecule has 2 N–H and O–H groups in total. The van der Waals surface area contributed by atoms with E-state index in [0.717, 1.165) is 17.9 Å². The highest BCUT2D eigenvalue weighted by atomic mass is 16.5. The molecule has 0 radical (unpaired) electrons. The second-order valence-electron chi connectivity index (χ2n) is 4.68. The lowest BCUT2D eigenvalue weighted by molar-refractivity contribution is -0.117. The van der Waals surface area contributed by atoms with Crippen LogP contribution in [0, 0.1) is 0 Å². The molecule has 0 aliphatic heterocycles. The molecule has 0 bridgehead atoms. The van der Waals surface area contributed by atoms with E-state index in [1.165, 1.54) is 5.56 Å². The van der Waals surface area contributed by atoms with Crippen LogP contribution in [-0.2, 0) is 11.2 Å². The zero-order valence-electron chi connectivity index (χ0n) is 12.2. The summed E-state index contributed by atoms with van der Waals surface area (Å²) >= 11 is 0. The van der Waals surface area contributed by atoms with Crippen LogP contribution in [0.4, 0.5) is 5.69 Å². The van der Waals surface area contributed by atoms with E-state index in [-0.39, 0.29) is 12.5 Å². The molecule has 4 heteroatoms. The Labute approximate surface area is 125 Å². The van der Waals surface area contributed by atoms with E-state index in [1.807, 2.05) is 42.5 Å². The lowest BCUT2D eigenvalue weighted by atomic mass is 10.1. The third kappa shape index (κ3) is 4.07. The van der Waals surface area contributed by atoms with Crippen LogP contribution >= 0.6 is 0 Å². The molecular formula is C17H20N2O2. The van der Waals surface area contributed by atoms with Crippen LogP contribution in [0.2, 0.25) is 0 Å². The molecule has 4 nitrogen and oxygen atoms in total. The van der Waals surface area contributed by atoms with Crippen molar-refractivity contribution >= 4 is 11.6 Å². The standard InChI is InChI=1S/C17H20N2O2/c1-21-16-9-7-15(8-10-16)19(17(20)13-18)12-11-14-5-3-2-4-6-14/h2-10H,11-13,18H2,1H3. The molecule has 110 valence electrons. The first kappa shape index (κ1) is 15.1. The fourth-order valence-electron chi connectivity index (χ4n) is 2.16. The van der Waals surface area contributed by atoms with Crippen molar-refractivity contribution in [1.29, 1.82) is 0 Å². The van der Waals surface area contributed by atoms with Gasteiger partial charge in [-0.05, 0) is 36.2 Å². The number of anilines is 1. The maximum Gasteiger partial charge on any atom is 0.240 e. The molecule has 2 aromatic rings. The van der Waals surface area contributed by atoms with E-state index in [0.29, 0.717) is 6.54 Å². The molecule has 2 aromatic carbocycles. The molecule has 0 atom stereocenters. The lowest BCUT2D eigenvalue weighted by Crippen LogP contribution is -2.37. The first-order valence-electron chi connectivity index (χ1n) is 6.93. The predicted octanol–water partition coefficient (Wildman–Crippen LogP) is 2.23. The van der Waals surface area contributed by atoms with Crippen LogP contribution in [0.3, 0.4) is 0 Å². The van der Waals surface area contributed by atoms with Crippen LogP contribution in [0.5, 0.6) is 5.75 Å². The first-order chi connectivity index (χ1) is 10.2. The number of methoxy groups -OCH3 is 1. The minimum Gasteiger partial charge on any atom is -0.497 e. The van der Waals surface area contributed by atoms with Gasteiger partial charge in [-0.25, -0.2) is 0 Å². The second kappa shape index (κ2) is 7.45. The van der Waals surface area contributed by atoms with Gasteiger partial charge in [0, 0.05) is 12.2 Å². The first-order valence-corrected chi connectivity index (χ1v) is 6.93. The number of hydrogen-bond donors (Lipinski definition) is 1. The number of ether oxygens (including phenoxy) is 1. The van der Waals surface area contributed by atoms with Crippen molar-refractivity contribution < 1.29 is 9.53 Å². The highest BCUT2D eigenvalue weighted by Gasteiger charge is 2.14. The fourth-order valence-corrected chi connectivity index (χ4v) is 2.16. The molecule has 0 saturated carbocycles. The van der Waals surface area contributed by atoms with Crippen molar-refractivity contribution in [3.05, 3.63) is 60.2 Å². The van der Waals surface area contributed by atoms with E-state index < -0.39 is 0 Å². The minimum atomic E-state index is -0.0869. The van der Waals surface area contributed by atoms with Crippen LogP contribution in [-0.4, -0.2) is 26.1 Å². The minimum absolute atomic E-state index is 0.000812. The van der Waals surface area contributed by atoms with Gasteiger partial charge in [0.1, 0.15) is 5.75 Å². The van der Waals surface area contributed by atoms with E-state index in [2.05, 4.69) is 12.1 Å². The molecule has 2 rings (SSSR count). The van der Waals surface area contributed by atoms with E-state index in [1.54, 1.807) is 12.0 Å². The molecule has 0 unspecified atom stereocenters. The summed E-state index contributed by atoms with van der Waals surface area (Å²) in [5, 5.41) is 0. The van der Waals surface area contributed by atoms with Crippen molar-refractivity contribution in [2.45, 2.75) is 6.42 Å². The summed E-state index contributed by atoms with van der Waals surface area (Å²) in [5.41, 5.74) is 7.55. The second-order valence-corrected chi connectivity index (χ2v) is 4.68. The van der Waals surface area contributed by atoms with Crippen LogP contribution in [0.25, 0.3) is 0 Å². The average molecular weight is 284 g/mol. The van der Waals surface area contributed by atoms with Crippen molar-refractivity contribution in [2.24, 2.45) is 5.73 Å². The van der Waals surface area contributed by atoms with Gasteiger partial charge in [0.2, 0.25) is 5.91 Å². The molecule has 0 aliphatic rings. The summed E-state index contributed by atoms with van der Waals surface area (Å²) in [5.74, 6) is 0.679. The Morgan fingerprint density at radius 2 is 1.76 bits per heavy atom. The zero-order valence-corrected chi connectivity index (χ0v) is 12.2. The van der Waals surface area contributed by atoms with Gasteiger partial charge < -0.3 is 15.4 Å². The summed E-state index contributed by atoms with van der Waals surface area (Å²) in [6, 6.07) is 17.5. The van der Waals surface area contributed by atoms with Gasteiger partial charge in [-0.2, -0.15) is 0 Å². The summed E-state index contributed by atoms with van der Waals surface area (Å²) in [6.07, 6.45) is 0.790. The smallest absolute Gasteiger partial charge is 0.240 e. The van der Waals surface area contributed by atoms with E-state index in [9.17, 15) is 4.79 Å². The predicted molar refractivity (Wildman–Crippen MR) is 84.5 cm³/mol. The maximum atomic E-state index is 12.1. The Kier molecular flexibility index (Phi) is 5.35. The molecule has 0 heterocycles. The van der Waals surface area contributed by atoms with Crippen molar-refractivity contribution in [1.82, 2.24) is 0 Å². The van der Waals surface area contributed by atoms with Gasteiger partial charge in [-0.3, -0.25) is 4.79 Å². The Hall–Kier alpha value is -2.33. The highest BCUT2D eigenvalue weighted by Crippen LogP contribution is 2.19. The van der Waals surface area contributed by atoms with Gasteiger partial charge in [0.25, 0.3) is 0 Å². The normalized spacial score (nSPS) is 10.2. The maximum absolute atomic E-state index is 12.1. The number of carbonyl (C=O) groups excluding carboxylic acids is 1. The van der Waals surface area contributed by atoms with Crippen molar-refractivity contribution in [2.75, 3.05) is 25.1 Å². The van der Waals surface area contributed by atoms with Gasteiger partial charge in [0.15, 0.2) is 0 Å². The average Bonchev–Trinajstić information content (AvgIpc) is 2.56. The molecular weight excluding hydrogens is 264 g/mol. The molecule has 0 spiro atoms. The Morgan fingerprint density at radius 3 is 2.33 bits per heavy atom. The Balaban J connectivity index is 2.12. The lowest BCUT2D eigenvalue weighted by Gasteiger charge is -2.22. The molecule has 0 aromatic heterocycles. The number of nitrogens with two attached hydrogens (primary N) is 1. The molecule has 21 heavy (non-hydrogen) atoms. The monoisotopic (exact) mass is 284 g/mol. The number of carbonyl (C=O) groups is 1. The van der Waals surface area contributed by atoms with Crippen LogP contribution in [0.1, 0.15) is 5.56 Å². The molecule has 0 fully saturated rings.